The van der Waals surface area contributed by atoms with Crippen LogP contribution in [0.5, 0.6) is 5.75 Å². The van der Waals surface area contributed by atoms with Crippen LogP contribution in [-0.4, -0.2) is 38.8 Å². The van der Waals surface area contributed by atoms with E-state index < -0.39 is 5.60 Å². The van der Waals surface area contributed by atoms with Crippen molar-refractivity contribution in [3.05, 3.63) is 59.7 Å². The minimum Gasteiger partial charge on any atom is -0.497 e. The number of anilines is 1. The molecule has 1 aliphatic heterocycles. The van der Waals surface area contributed by atoms with Gasteiger partial charge in [-0.1, -0.05) is 24.3 Å². The van der Waals surface area contributed by atoms with Gasteiger partial charge in [-0.05, 0) is 61.3 Å². The zero-order valence-electron chi connectivity index (χ0n) is 16.9. The molecule has 158 valence electrons. The van der Waals surface area contributed by atoms with Gasteiger partial charge in [0.15, 0.2) is 0 Å². The second-order valence-corrected chi connectivity index (χ2v) is 6.94. The number of halogens is 1. The number of amides is 1. The Morgan fingerprint density at radius 2 is 1.72 bits per heavy atom. The third-order valence-electron chi connectivity index (χ3n) is 5.10. The zero-order valence-corrected chi connectivity index (χ0v) is 17.7. The highest BCUT2D eigenvalue weighted by molar-refractivity contribution is 5.97. The lowest BCUT2D eigenvalue weighted by atomic mass is 9.91. The number of rotatable bonds is 8. The Kier molecular flexibility index (Phi) is 8.92. The van der Waals surface area contributed by atoms with Crippen molar-refractivity contribution < 1.29 is 19.0 Å². The lowest BCUT2D eigenvalue weighted by Crippen LogP contribution is -2.51. The van der Waals surface area contributed by atoms with Crippen molar-refractivity contribution in [2.75, 3.05) is 32.6 Å². The van der Waals surface area contributed by atoms with E-state index in [1.165, 1.54) is 0 Å². The monoisotopic (exact) mass is 420 g/mol. The Hall–Kier alpha value is -2.12. The molecule has 0 aliphatic carbocycles. The third-order valence-corrected chi connectivity index (χ3v) is 5.10. The highest BCUT2D eigenvalue weighted by Crippen LogP contribution is 2.25. The average molecular weight is 421 g/mol. The Balaban J connectivity index is 0.00000300. The van der Waals surface area contributed by atoms with Gasteiger partial charge in [0.2, 0.25) is 0 Å². The van der Waals surface area contributed by atoms with Crippen molar-refractivity contribution in [3.63, 3.8) is 0 Å². The molecule has 0 radical (unpaired) electrons. The van der Waals surface area contributed by atoms with Crippen LogP contribution < -0.4 is 15.4 Å². The quantitative estimate of drug-likeness (QED) is 0.683. The lowest BCUT2D eigenvalue weighted by molar-refractivity contribution is -0.140. The number of hydrogen-bond acceptors (Lipinski definition) is 5. The van der Waals surface area contributed by atoms with Gasteiger partial charge >= 0.3 is 0 Å². The average Bonchev–Trinajstić information content (AvgIpc) is 2.75. The highest BCUT2D eigenvalue weighted by Gasteiger charge is 2.39. The van der Waals surface area contributed by atoms with E-state index in [9.17, 15) is 4.79 Å². The van der Waals surface area contributed by atoms with Gasteiger partial charge in [0.05, 0.1) is 20.3 Å². The van der Waals surface area contributed by atoms with Crippen molar-refractivity contribution in [2.45, 2.75) is 31.7 Å². The van der Waals surface area contributed by atoms with Gasteiger partial charge in [-0.15, -0.1) is 12.4 Å². The first-order valence-electron chi connectivity index (χ1n) is 9.52. The van der Waals surface area contributed by atoms with Crippen LogP contribution in [0.1, 0.15) is 24.0 Å². The molecular weight excluding hydrogens is 392 g/mol. The molecule has 0 unspecified atom stereocenters. The van der Waals surface area contributed by atoms with Crippen molar-refractivity contribution >= 4 is 24.0 Å². The molecule has 1 fully saturated rings. The van der Waals surface area contributed by atoms with E-state index in [4.69, 9.17) is 14.2 Å². The highest BCUT2D eigenvalue weighted by atomic mass is 35.5. The summed E-state index contributed by atoms with van der Waals surface area (Å²) in [5.74, 6) is 0.738. The lowest BCUT2D eigenvalue weighted by Gasteiger charge is -2.34. The van der Waals surface area contributed by atoms with Gasteiger partial charge in [-0.3, -0.25) is 4.79 Å². The third kappa shape index (κ3) is 6.18. The fourth-order valence-corrected chi connectivity index (χ4v) is 3.35. The zero-order chi connectivity index (χ0) is 19.8. The van der Waals surface area contributed by atoms with E-state index in [0.29, 0.717) is 26.1 Å². The van der Waals surface area contributed by atoms with Crippen LogP contribution in [0, 0.1) is 0 Å². The summed E-state index contributed by atoms with van der Waals surface area (Å²) < 4.78 is 16.6. The number of piperidine rings is 1. The molecule has 1 amide bonds. The summed E-state index contributed by atoms with van der Waals surface area (Å²) in [6.07, 6.45) is 1.33. The largest absolute Gasteiger partial charge is 0.497 e. The predicted molar refractivity (Wildman–Crippen MR) is 116 cm³/mol. The summed E-state index contributed by atoms with van der Waals surface area (Å²) >= 11 is 0. The molecule has 2 aromatic carbocycles. The molecule has 3 rings (SSSR count). The molecule has 2 aromatic rings. The molecular formula is C22H29ClN2O4. The van der Waals surface area contributed by atoms with Crippen LogP contribution in [-0.2, 0) is 27.5 Å². The first-order chi connectivity index (χ1) is 13.6. The van der Waals surface area contributed by atoms with Gasteiger partial charge in [0.25, 0.3) is 5.91 Å². The Bertz CT molecular complexity index is 777. The van der Waals surface area contributed by atoms with Gasteiger partial charge in [0, 0.05) is 12.8 Å². The molecule has 0 spiro atoms. The molecule has 1 heterocycles. The van der Waals surface area contributed by atoms with Crippen LogP contribution in [0.3, 0.4) is 0 Å². The number of carbonyl (C=O) groups excluding carboxylic acids is 1. The fourth-order valence-electron chi connectivity index (χ4n) is 3.35. The van der Waals surface area contributed by atoms with Gasteiger partial charge < -0.3 is 24.8 Å². The Labute approximate surface area is 178 Å². The standard InChI is InChI=1S/C22H28N2O4.ClH/c1-26-20-8-6-17(7-9-20)15-28-16-18-4-3-5-19(14-18)24-21(25)22(27-2)10-12-23-13-11-22;/h3-9,14,23H,10-13,15-16H2,1-2H3,(H,24,25);1H. The second kappa shape index (κ2) is 11.2. The van der Waals surface area contributed by atoms with E-state index in [1.54, 1.807) is 14.2 Å². The Morgan fingerprint density at radius 3 is 2.38 bits per heavy atom. The molecule has 0 atom stereocenters. The van der Waals surface area contributed by atoms with Gasteiger partial charge in [0.1, 0.15) is 11.4 Å². The molecule has 0 saturated carbocycles. The maximum absolute atomic E-state index is 12.8. The molecule has 1 saturated heterocycles. The van der Waals surface area contributed by atoms with E-state index in [1.807, 2.05) is 48.5 Å². The minimum absolute atomic E-state index is 0. The first kappa shape index (κ1) is 23.2. The van der Waals surface area contributed by atoms with E-state index in [-0.39, 0.29) is 18.3 Å². The normalized spacial score (nSPS) is 15.2. The molecule has 29 heavy (non-hydrogen) atoms. The van der Waals surface area contributed by atoms with Gasteiger partial charge in [-0.25, -0.2) is 0 Å². The fraction of sp³-hybridized carbons (Fsp3) is 0.409. The molecule has 0 bridgehead atoms. The van der Waals surface area contributed by atoms with Gasteiger partial charge in [-0.2, -0.15) is 0 Å². The minimum atomic E-state index is -0.758. The predicted octanol–water partition coefficient (Wildman–Crippen LogP) is 3.54. The van der Waals surface area contributed by atoms with E-state index >= 15 is 0 Å². The van der Waals surface area contributed by atoms with Crippen LogP contribution in [0.4, 0.5) is 5.69 Å². The summed E-state index contributed by atoms with van der Waals surface area (Å²) in [4.78, 5) is 12.8. The SMILES string of the molecule is COc1ccc(COCc2cccc(NC(=O)C3(OC)CCNCC3)c2)cc1.Cl. The number of hydrogen-bond donors (Lipinski definition) is 2. The summed E-state index contributed by atoms with van der Waals surface area (Å²) in [6.45, 7) is 2.54. The maximum Gasteiger partial charge on any atom is 0.256 e. The molecule has 0 aromatic heterocycles. The molecule has 7 heteroatoms. The smallest absolute Gasteiger partial charge is 0.256 e. The first-order valence-corrected chi connectivity index (χ1v) is 9.52. The molecule has 6 nitrogen and oxygen atoms in total. The summed E-state index contributed by atoms with van der Waals surface area (Å²) in [5, 5.41) is 6.26. The van der Waals surface area contributed by atoms with E-state index in [0.717, 1.165) is 35.7 Å². The van der Waals surface area contributed by atoms with Crippen LogP contribution in [0.2, 0.25) is 0 Å². The number of ether oxygens (including phenoxy) is 3. The van der Waals surface area contributed by atoms with Crippen molar-refractivity contribution in [1.29, 1.82) is 0 Å². The summed E-state index contributed by atoms with van der Waals surface area (Å²) in [6, 6.07) is 15.5. The number of nitrogens with one attached hydrogen (secondary N) is 2. The molecule has 1 aliphatic rings. The van der Waals surface area contributed by atoms with Crippen LogP contribution >= 0.6 is 12.4 Å². The number of methoxy groups -OCH3 is 2. The molecule has 2 N–H and O–H groups in total. The van der Waals surface area contributed by atoms with Crippen LogP contribution in [0.15, 0.2) is 48.5 Å². The Morgan fingerprint density at radius 1 is 1.03 bits per heavy atom. The van der Waals surface area contributed by atoms with Crippen molar-refractivity contribution in [2.24, 2.45) is 0 Å². The second-order valence-electron chi connectivity index (χ2n) is 6.94. The summed E-state index contributed by atoms with van der Waals surface area (Å²) in [7, 11) is 3.26. The summed E-state index contributed by atoms with van der Waals surface area (Å²) in [5.41, 5.74) is 2.08. The number of benzene rings is 2. The van der Waals surface area contributed by atoms with Crippen molar-refractivity contribution in [1.82, 2.24) is 5.32 Å². The van der Waals surface area contributed by atoms with Crippen molar-refractivity contribution in [3.8, 4) is 5.75 Å². The topological polar surface area (TPSA) is 68.8 Å². The van der Waals surface area contributed by atoms with Crippen LogP contribution in [0.25, 0.3) is 0 Å². The van der Waals surface area contributed by atoms with E-state index in [2.05, 4.69) is 10.6 Å². The maximum atomic E-state index is 12.8. The number of carbonyl (C=O) groups is 1.